The highest BCUT2D eigenvalue weighted by Crippen LogP contribution is 2.24. The number of fused-ring (bicyclic) bond motifs is 1. The Balaban J connectivity index is 1.23. The Hall–Kier alpha value is -4.12. The number of benzene rings is 4. The molecule has 4 rings (SSSR count). The number of carbonyl (C=O) groups excluding carboxylic acids is 2. The summed E-state index contributed by atoms with van der Waals surface area (Å²) in [6.07, 6.45) is 10.2. The molecule has 0 amide bonds. The van der Waals surface area contributed by atoms with Gasteiger partial charge in [-0.25, -0.2) is 9.59 Å². The second-order valence-electron chi connectivity index (χ2n) is 10.0. The van der Waals surface area contributed by atoms with Crippen molar-refractivity contribution in [1.29, 1.82) is 0 Å². The zero-order valence-corrected chi connectivity index (χ0v) is 23.3. The molecule has 4 aromatic carbocycles. The van der Waals surface area contributed by atoms with Crippen molar-refractivity contribution in [3.63, 3.8) is 0 Å². The number of esters is 2. The zero-order valence-electron chi connectivity index (χ0n) is 23.3. The van der Waals surface area contributed by atoms with Crippen molar-refractivity contribution >= 4 is 22.7 Å². The zero-order chi connectivity index (χ0) is 28.0. The third-order valence-corrected chi connectivity index (χ3v) is 6.83. The fourth-order valence-corrected chi connectivity index (χ4v) is 4.50. The lowest BCUT2D eigenvalue weighted by atomic mass is 10.1. The minimum absolute atomic E-state index is 0.200. The van der Waals surface area contributed by atoms with Gasteiger partial charge < -0.3 is 14.2 Å². The molecule has 5 heteroatoms. The molecule has 0 aliphatic carbocycles. The molecule has 40 heavy (non-hydrogen) atoms. The molecule has 4 aromatic rings. The highest BCUT2D eigenvalue weighted by molar-refractivity contribution is 5.97. The third kappa shape index (κ3) is 8.98. The first-order chi connectivity index (χ1) is 19.6. The van der Waals surface area contributed by atoms with Crippen LogP contribution in [0.25, 0.3) is 10.8 Å². The smallest absolute Gasteiger partial charge is 0.343 e. The molecule has 0 aromatic heterocycles. The van der Waals surface area contributed by atoms with Gasteiger partial charge >= 0.3 is 11.9 Å². The van der Waals surface area contributed by atoms with E-state index in [1.165, 1.54) is 44.9 Å². The van der Waals surface area contributed by atoms with Crippen LogP contribution in [0.4, 0.5) is 0 Å². The first kappa shape index (κ1) is 28.9. The second-order valence-corrected chi connectivity index (χ2v) is 10.0. The Kier molecular flexibility index (Phi) is 11.2. The predicted octanol–water partition coefficient (Wildman–Crippen LogP) is 8.94. The van der Waals surface area contributed by atoms with Crippen molar-refractivity contribution in [2.24, 2.45) is 0 Å². The van der Waals surface area contributed by atoms with Crippen molar-refractivity contribution in [1.82, 2.24) is 0 Å². The molecule has 0 saturated heterocycles. The number of carbonyl (C=O) groups is 2. The number of hydrogen-bond donors (Lipinski definition) is 0. The van der Waals surface area contributed by atoms with Crippen molar-refractivity contribution in [3.8, 4) is 11.5 Å². The van der Waals surface area contributed by atoms with Crippen LogP contribution >= 0.6 is 0 Å². The van der Waals surface area contributed by atoms with Crippen LogP contribution in [0.2, 0.25) is 0 Å². The predicted molar refractivity (Wildman–Crippen MR) is 159 cm³/mol. The Morgan fingerprint density at radius 1 is 0.600 bits per heavy atom. The van der Waals surface area contributed by atoms with Crippen LogP contribution in [0.3, 0.4) is 0 Å². The van der Waals surface area contributed by atoms with E-state index < -0.39 is 11.9 Å². The van der Waals surface area contributed by atoms with Crippen LogP contribution in [0, 0.1) is 0 Å². The SMILES string of the molecule is CCCCCCCCCCOc1ccc2cc(C(=O)Oc3ccc(C(=O)OCc4ccccc4)cc3)ccc2c1. The molecule has 0 atom stereocenters. The Morgan fingerprint density at radius 3 is 1.98 bits per heavy atom. The molecular formula is C35H38O5. The summed E-state index contributed by atoms with van der Waals surface area (Å²) in [4.78, 5) is 25.1. The minimum atomic E-state index is -0.462. The lowest BCUT2D eigenvalue weighted by molar-refractivity contribution is 0.0472. The van der Waals surface area contributed by atoms with Gasteiger partial charge in [0.2, 0.25) is 0 Å². The molecule has 0 aliphatic rings. The number of hydrogen-bond acceptors (Lipinski definition) is 5. The van der Waals surface area contributed by atoms with Gasteiger partial charge in [-0.05, 0) is 71.3 Å². The van der Waals surface area contributed by atoms with Crippen LogP contribution in [-0.4, -0.2) is 18.5 Å². The van der Waals surface area contributed by atoms with Gasteiger partial charge in [0.05, 0.1) is 17.7 Å². The molecule has 0 spiro atoms. The van der Waals surface area contributed by atoms with Crippen molar-refractivity contribution in [3.05, 3.63) is 108 Å². The summed E-state index contributed by atoms with van der Waals surface area (Å²) in [6, 6.07) is 27.2. The minimum Gasteiger partial charge on any atom is -0.494 e. The summed E-state index contributed by atoms with van der Waals surface area (Å²) in [6.45, 7) is 3.16. The van der Waals surface area contributed by atoms with Gasteiger partial charge in [0.15, 0.2) is 0 Å². The maximum absolute atomic E-state index is 12.8. The molecule has 0 aliphatic heterocycles. The number of unbranched alkanes of at least 4 members (excludes halogenated alkanes) is 7. The summed E-state index contributed by atoms with van der Waals surface area (Å²) in [5.41, 5.74) is 1.76. The van der Waals surface area contributed by atoms with E-state index in [0.717, 1.165) is 28.5 Å². The van der Waals surface area contributed by atoms with Crippen LogP contribution in [0.15, 0.2) is 91.0 Å². The van der Waals surface area contributed by atoms with E-state index in [1.54, 1.807) is 30.3 Å². The number of ether oxygens (including phenoxy) is 3. The van der Waals surface area contributed by atoms with E-state index in [-0.39, 0.29) is 6.61 Å². The summed E-state index contributed by atoms with van der Waals surface area (Å²) >= 11 is 0. The fourth-order valence-electron chi connectivity index (χ4n) is 4.50. The molecule has 0 unspecified atom stereocenters. The summed E-state index contributed by atoms with van der Waals surface area (Å²) < 4.78 is 16.8. The summed E-state index contributed by atoms with van der Waals surface area (Å²) in [5, 5.41) is 1.94. The van der Waals surface area contributed by atoms with Gasteiger partial charge in [-0.1, -0.05) is 94.3 Å². The van der Waals surface area contributed by atoms with E-state index >= 15 is 0 Å². The molecule has 0 bridgehead atoms. The lowest BCUT2D eigenvalue weighted by Crippen LogP contribution is -2.09. The first-order valence-corrected chi connectivity index (χ1v) is 14.3. The standard InChI is InChI=1S/C35H38O5/c1-2-3-4-5-6-7-8-12-23-38-33-22-19-29-24-31(16-15-30(29)25-33)35(37)40-32-20-17-28(18-21-32)34(36)39-26-27-13-10-9-11-14-27/h9-11,13-22,24-25H,2-8,12,23,26H2,1H3. The van der Waals surface area contributed by atoms with Crippen LogP contribution in [0.5, 0.6) is 11.5 Å². The van der Waals surface area contributed by atoms with Gasteiger partial charge in [0, 0.05) is 0 Å². The molecule has 0 radical (unpaired) electrons. The molecule has 208 valence electrons. The Bertz CT molecular complexity index is 1360. The average molecular weight is 539 g/mol. The van der Waals surface area contributed by atoms with E-state index in [2.05, 4.69) is 6.92 Å². The topological polar surface area (TPSA) is 61.8 Å². The summed E-state index contributed by atoms with van der Waals surface area (Å²) in [7, 11) is 0. The molecule has 5 nitrogen and oxygen atoms in total. The Morgan fingerprint density at radius 2 is 1.23 bits per heavy atom. The van der Waals surface area contributed by atoms with Crippen molar-refractivity contribution in [2.75, 3.05) is 6.61 Å². The first-order valence-electron chi connectivity index (χ1n) is 14.3. The largest absolute Gasteiger partial charge is 0.494 e. The molecule has 0 fully saturated rings. The lowest BCUT2D eigenvalue weighted by Gasteiger charge is -2.09. The molecule has 0 N–H and O–H groups in total. The maximum Gasteiger partial charge on any atom is 0.343 e. The van der Waals surface area contributed by atoms with Gasteiger partial charge in [0.1, 0.15) is 18.1 Å². The Labute approximate surface area is 237 Å². The van der Waals surface area contributed by atoms with E-state index in [9.17, 15) is 9.59 Å². The highest BCUT2D eigenvalue weighted by atomic mass is 16.5. The van der Waals surface area contributed by atoms with E-state index in [1.807, 2.05) is 60.7 Å². The van der Waals surface area contributed by atoms with Gasteiger partial charge in [-0.15, -0.1) is 0 Å². The van der Waals surface area contributed by atoms with Crippen LogP contribution in [-0.2, 0) is 11.3 Å². The third-order valence-electron chi connectivity index (χ3n) is 6.83. The van der Waals surface area contributed by atoms with E-state index in [0.29, 0.717) is 23.5 Å². The molecule has 0 saturated carbocycles. The van der Waals surface area contributed by atoms with Crippen molar-refractivity contribution in [2.45, 2.75) is 64.9 Å². The van der Waals surface area contributed by atoms with Crippen LogP contribution in [0.1, 0.15) is 84.6 Å². The van der Waals surface area contributed by atoms with E-state index in [4.69, 9.17) is 14.2 Å². The second kappa shape index (κ2) is 15.5. The number of rotatable bonds is 15. The maximum atomic E-state index is 12.8. The quantitative estimate of drug-likeness (QED) is 0.0859. The van der Waals surface area contributed by atoms with Crippen molar-refractivity contribution < 1.29 is 23.8 Å². The van der Waals surface area contributed by atoms with Gasteiger partial charge in [-0.3, -0.25) is 0 Å². The summed E-state index contributed by atoms with van der Waals surface area (Å²) in [5.74, 6) is 0.302. The van der Waals surface area contributed by atoms with Gasteiger partial charge in [0.25, 0.3) is 0 Å². The van der Waals surface area contributed by atoms with Crippen LogP contribution < -0.4 is 9.47 Å². The molecular weight excluding hydrogens is 500 g/mol. The normalized spacial score (nSPS) is 10.8. The monoisotopic (exact) mass is 538 g/mol. The average Bonchev–Trinajstić information content (AvgIpc) is 2.99. The fraction of sp³-hybridized carbons (Fsp3) is 0.314. The van der Waals surface area contributed by atoms with Gasteiger partial charge in [-0.2, -0.15) is 0 Å². The highest BCUT2D eigenvalue weighted by Gasteiger charge is 2.12. The molecule has 0 heterocycles.